The minimum atomic E-state index is -0.324. The van der Waals surface area contributed by atoms with Crippen LogP contribution in [0.5, 0.6) is 0 Å². The third kappa shape index (κ3) is 8.32. The molecule has 0 fully saturated rings. The number of fused-ring (bicyclic) bond motifs is 1. The maximum atomic E-state index is 11.6. The number of hydrogen-bond donors (Lipinski definition) is 1. The first-order valence-electron chi connectivity index (χ1n) is 5.75. The quantitative estimate of drug-likeness (QED) is 0.291. The summed E-state index contributed by atoms with van der Waals surface area (Å²) in [7, 11) is -0.795. The number of nitrogen functional groups attached to an aromatic ring is 1. The van der Waals surface area contributed by atoms with Crippen molar-refractivity contribution < 1.29 is 18.0 Å². The molecule has 0 spiro atoms. The maximum absolute atomic E-state index is 11.6. The van der Waals surface area contributed by atoms with Gasteiger partial charge in [0.1, 0.15) is 0 Å². The zero-order valence-corrected chi connectivity index (χ0v) is 30.6. The summed E-state index contributed by atoms with van der Waals surface area (Å²) in [5, 5.41) is 0. The minimum absolute atomic E-state index is 0.211. The summed E-state index contributed by atoms with van der Waals surface area (Å²) in [6.07, 6.45) is 2.62. The Morgan fingerprint density at radius 2 is 1.82 bits per heavy atom. The molecular weight excluding hydrogens is 1300 g/mol. The van der Waals surface area contributed by atoms with E-state index in [9.17, 15) is 4.79 Å². The number of carbonyl (C=O) groups excluding carboxylic acids is 1. The molecule has 132 valence electrons. The summed E-state index contributed by atoms with van der Waals surface area (Å²) < 4.78 is 0. The van der Waals surface area contributed by atoms with Crippen LogP contribution in [0.3, 0.4) is 0 Å². The fourth-order valence-corrected chi connectivity index (χ4v) is 631. The summed E-state index contributed by atoms with van der Waals surface area (Å²) in [6.45, 7) is 2.04. The Balaban J connectivity index is 0.000000239. The molecule has 0 radical (unpaired) electrons. The van der Waals surface area contributed by atoms with Gasteiger partial charge < -0.3 is 5.73 Å². The van der Waals surface area contributed by atoms with E-state index >= 15 is 0 Å². The van der Waals surface area contributed by atoms with Gasteiger partial charge in [0.15, 0.2) is 5.78 Å². The summed E-state index contributed by atoms with van der Waals surface area (Å²) in [4.78, 5) is 11.6. The van der Waals surface area contributed by atoms with Crippen molar-refractivity contribution in [2.24, 2.45) is 0 Å². The molecule has 0 aliphatic heterocycles. The van der Waals surface area contributed by atoms with Crippen molar-refractivity contribution in [3.63, 3.8) is 0 Å². The standard InChI is InChI=1S/C11H13NO.I9/c1-7-5-6-9(12)11-8(7)3-2-4-10(11)13;1-6-8(4)9(5)7(2)3/h5-6H,2-4,12H2,1H3;/q;-1. The Morgan fingerprint density at radius 3 is 2.27 bits per heavy atom. The Bertz CT molecular complexity index is 525. The van der Waals surface area contributed by atoms with Gasteiger partial charge in [-0.3, -0.25) is 4.79 Å². The van der Waals surface area contributed by atoms with Crippen LogP contribution in [0.1, 0.15) is 34.3 Å². The SMILES string of the molecule is Cc1ccc(N)c2c1CCCC2=O.I[I-]I(I)I(I)I(I)I. The zero-order chi connectivity index (χ0) is 16.9. The molecule has 0 amide bonds. The molecule has 2 N–H and O–H groups in total. The second-order valence-electron chi connectivity index (χ2n) is 4.14. The van der Waals surface area contributed by atoms with E-state index in [4.69, 9.17) is 5.73 Å². The molecule has 1 aromatic carbocycles. The molecule has 2 nitrogen and oxygen atoms in total. The second kappa shape index (κ2) is 13.5. The van der Waals surface area contributed by atoms with E-state index in [0.717, 1.165) is 24.0 Å². The Kier molecular flexibility index (Phi) is 15.5. The number of benzene rings is 1. The molecule has 1 aliphatic rings. The van der Waals surface area contributed by atoms with Gasteiger partial charge in [-0.1, -0.05) is 6.07 Å². The van der Waals surface area contributed by atoms with Gasteiger partial charge in [0, 0.05) is 17.7 Å². The molecule has 11 heteroatoms. The molecule has 2 rings (SSSR count). The molecule has 1 aromatic rings. The van der Waals surface area contributed by atoms with Crippen molar-refractivity contribution in [3.8, 4) is 0 Å². The van der Waals surface area contributed by atoms with Crippen molar-refractivity contribution in [1.82, 2.24) is 0 Å². The first-order chi connectivity index (χ1) is 10.3. The van der Waals surface area contributed by atoms with Crippen LogP contribution in [0.2, 0.25) is 0 Å². The Hall–Kier alpha value is 5.26. The van der Waals surface area contributed by atoms with E-state index in [1.165, 1.54) is 5.56 Å². The van der Waals surface area contributed by atoms with E-state index in [0.29, 0.717) is 25.4 Å². The van der Waals surface area contributed by atoms with E-state index in [1.54, 1.807) is 0 Å². The van der Waals surface area contributed by atoms with Gasteiger partial charge >= 0.3 is 130 Å². The zero-order valence-electron chi connectivity index (χ0n) is 11.2. The molecule has 0 saturated heterocycles. The van der Waals surface area contributed by atoms with Crippen molar-refractivity contribution in [3.05, 3.63) is 28.8 Å². The van der Waals surface area contributed by atoms with Crippen molar-refractivity contribution in [2.45, 2.75) is 26.2 Å². The van der Waals surface area contributed by atoms with Gasteiger partial charge in [-0.05, 0) is 37.0 Å². The molecule has 0 heterocycles. The first kappa shape index (κ1) is 25.3. The summed E-state index contributed by atoms with van der Waals surface area (Å²) in [5.74, 6) is 0.211. The average molecular weight is 1320 g/mol. The molecule has 0 bridgehead atoms. The van der Waals surface area contributed by atoms with E-state index < -0.39 is 0 Å². The molecule has 0 aromatic heterocycles. The third-order valence-corrected chi connectivity index (χ3v) is 416. The molecule has 22 heavy (non-hydrogen) atoms. The predicted molar refractivity (Wildman–Crippen MR) is 165 cm³/mol. The first-order valence-corrected chi connectivity index (χ1v) is 56.0. The van der Waals surface area contributed by atoms with Crippen LogP contribution in [-0.4, -0.2) is 5.78 Å². The van der Waals surface area contributed by atoms with E-state index in [-0.39, 0.29) is 29.5 Å². The number of hydrogen-bond acceptors (Lipinski definition) is 2. The molecule has 0 atom stereocenters. The Morgan fingerprint density at radius 1 is 1.18 bits per heavy atom. The monoisotopic (exact) mass is 1320 g/mol. The van der Waals surface area contributed by atoms with Gasteiger partial charge in [-0.25, -0.2) is 0 Å². The number of aryl methyl sites for hydroxylation is 1. The average Bonchev–Trinajstić information content (AvgIpc) is 2.50. The molecule has 0 unspecified atom stereocenters. The van der Waals surface area contributed by atoms with Gasteiger partial charge in [-0.15, -0.1) is 0 Å². The van der Waals surface area contributed by atoms with Gasteiger partial charge in [-0.2, -0.15) is 0 Å². The molecule has 0 saturated carbocycles. The van der Waals surface area contributed by atoms with Gasteiger partial charge in [0.05, 0.1) is 0 Å². The number of Topliss-reactive ketones (excluding diaryl/α,β-unsaturated/α-hetero) is 1. The summed E-state index contributed by atoms with van der Waals surface area (Å²) in [5.41, 5.74) is 9.56. The number of halogens is 9. The number of nitrogens with two attached hydrogens (primary N) is 1. The van der Waals surface area contributed by atoms with Crippen LogP contribution in [0.4, 0.5) is 5.69 Å². The third-order valence-electron chi connectivity index (χ3n) is 2.89. The number of carbonyl (C=O) groups is 1. The Labute approximate surface area is 200 Å². The number of ketones is 1. The predicted octanol–water partition coefficient (Wildman–Crippen LogP) is 6.19. The van der Waals surface area contributed by atoms with E-state index in [2.05, 4.69) is 93.1 Å². The number of anilines is 1. The second-order valence-corrected chi connectivity index (χ2v) is 167. The molecular formula is C11H13I9NO-. The van der Waals surface area contributed by atoms with Gasteiger partial charge in [0.25, 0.3) is 0 Å². The normalized spacial score (nSPS) is 15.5. The van der Waals surface area contributed by atoms with Crippen LogP contribution < -0.4 is 19.0 Å². The van der Waals surface area contributed by atoms with Gasteiger partial charge in [0.2, 0.25) is 0 Å². The number of rotatable bonds is 3. The van der Waals surface area contributed by atoms with E-state index in [1.807, 2.05) is 19.1 Å². The topological polar surface area (TPSA) is 43.1 Å². The molecule has 1 aliphatic carbocycles. The van der Waals surface area contributed by atoms with Crippen LogP contribution in [0, 0.1) is 6.92 Å². The van der Waals surface area contributed by atoms with Crippen LogP contribution in [0.15, 0.2) is 12.1 Å². The summed E-state index contributed by atoms with van der Waals surface area (Å²) in [6, 6.07) is 3.82. The van der Waals surface area contributed by atoms with Crippen molar-refractivity contribution >= 4 is 128 Å². The van der Waals surface area contributed by atoms with Crippen LogP contribution in [0.25, 0.3) is 0 Å². The van der Waals surface area contributed by atoms with Crippen LogP contribution in [-0.2, 0) is 6.42 Å². The fraction of sp³-hybridized carbons (Fsp3) is 0.364. The fourth-order valence-electron chi connectivity index (χ4n) is 2.02. The van der Waals surface area contributed by atoms with Crippen molar-refractivity contribution in [2.75, 3.05) is 5.73 Å². The summed E-state index contributed by atoms with van der Waals surface area (Å²) >= 11 is 14.6. The van der Waals surface area contributed by atoms with Crippen molar-refractivity contribution in [1.29, 1.82) is 0 Å². The van der Waals surface area contributed by atoms with Crippen LogP contribution >= 0.6 is 117 Å².